The van der Waals surface area contributed by atoms with E-state index in [0.717, 1.165) is 32.4 Å². The van der Waals surface area contributed by atoms with E-state index in [2.05, 4.69) is 14.9 Å². The van der Waals surface area contributed by atoms with E-state index in [0.29, 0.717) is 18.3 Å². The predicted molar refractivity (Wildman–Crippen MR) is 74.8 cm³/mol. The molecule has 2 N–H and O–H groups in total. The van der Waals surface area contributed by atoms with Gasteiger partial charge in [-0.3, -0.25) is 4.90 Å². The summed E-state index contributed by atoms with van der Waals surface area (Å²) in [6.07, 6.45) is 3.13. The number of rotatable bonds is 5. The van der Waals surface area contributed by atoms with Crippen LogP contribution in [-0.2, 0) is 16.6 Å². The number of sulfonamides is 1. The highest BCUT2D eigenvalue weighted by Gasteiger charge is 2.39. The first-order chi connectivity index (χ1) is 9.60. The van der Waals surface area contributed by atoms with E-state index >= 15 is 0 Å². The zero-order chi connectivity index (χ0) is 14.2. The first-order valence-electron chi connectivity index (χ1n) is 7.10. The topological polar surface area (TPSA) is 74.6 Å². The molecule has 0 amide bonds. The van der Waals surface area contributed by atoms with Gasteiger partial charge in [0.1, 0.15) is 5.76 Å². The number of hydrogen-bond acceptors (Lipinski definition) is 5. The van der Waals surface area contributed by atoms with Crippen molar-refractivity contribution in [3.05, 3.63) is 17.9 Å². The summed E-state index contributed by atoms with van der Waals surface area (Å²) >= 11 is 0. The van der Waals surface area contributed by atoms with Gasteiger partial charge in [-0.15, -0.1) is 0 Å². The fraction of sp³-hybridized carbons (Fsp3) is 0.692. The van der Waals surface area contributed by atoms with Crippen LogP contribution in [0.3, 0.4) is 0 Å². The monoisotopic (exact) mass is 299 g/mol. The lowest BCUT2D eigenvalue weighted by Gasteiger charge is -2.20. The minimum Gasteiger partial charge on any atom is -0.447 e. The van der Waals surface area contributed by atoms with Crippen LogP contribution in [0.5, 0.6) is 0 Å². The van der Waals surface area contributed by atoms with Gasteiger partial charge in [0.2, 0.25) is 5.09 Å². The Morgan fingerprint density at radius 1 is 1.35 bits per heavy atom. The first-order valence-corrected chi connectivity index (χ1v) is 8.58. The number of nitrogens with zero attached hydrogens (tertiary/aromatic N) is 1. The van der Waals surface area contributed by atoms with Crippen molar-refractivity contribution in [2.75, 3.05) is 20.1 Å². The molecule has 112 valence electrons. The van der Waals surface area contributed by atoms with Crippen molar-refractivity contribution in [1.82, 2.24) is 14.9 Å². The fourth-order valence-electron chi connectivity index (χ4n) is 3.25. The van der Waals surface area contributed by atoms with Crippen molar-refractivity contribution in [2.45, 2.75) is 43.0 Å². The normalized spacial score (nSPS) is 27.1. The van der Waals surface area contributed by atoms with Gasteiger partial charge in [-0.25, -0.2) is 13.1 Å². The van der Waals surface area contributed by atoms with Gasteiger partial charge in [-0.05, 0) is 45.0 Å². The van der Waals surface area contributed by atoms with Crippen LogP contribution in [0.25, 0.3) is 0 Å². The van der Waals surface area contributed by atoms with Gasteiger partial charge in [0.05, 0.1) is 6.54 Å². The third kappa shape index (κ3) is 2.63. The highest BCUT2D eigenvalue weighted by molar-refractivity contribution is 7.89. The molecule has 20 heavy (non-hydrogen) atoms. The van der Waals surface area contributed by atoms with E-state index < -0.39 is 10.0 Å². The number of furan rings is 1. The van der Waals surface area contributed by atoms with Crippen molar-refractivity contribution < 1.29 is 12.8 Å². The van der Waals surface area contributed by atoms with Crippen molar-refractivity contribution in [3.8, 4) is 0 Å². The summed E-state index contributed by atoms with van der Waals surface area (Å²) < 4.78 is 32.9. The Bertz CT molecular complexity index is 569. The molecule has 7 heteroatoms. The molecule has 2 saturated heterocycles. The lowest BCUT2D eigenvalue weighted by Crippen LogP contribution is -2.42. The lowest BCUT2D eigenvalue weighted by atomic mass is 10.1. The third-order valence-electron chi connectivity index (χ3n) is 4.17. The third-order valence-corrected chi connectivity index (χ3v) is 5.53. The molecule has 0 aliphatic carbocycles. The van der Waals surface area contributed by atoms with E-state index in [9.17, 15) is 8.42 Å². The highest BCUT2D eigenvalue weighted by atomic mass is 32.2. The summed E-state index contributed by atoms with van der Waals surface area (Å²) in [5.41, 5.74) is 0. The molecule has 2 atom stereocenters. The smallest absolute Gasteiger partial charge is 0.274 e. The molecule has 0 spiro atoms. The van der Waals surface area contributed by atoms with Gasteiger partial charge < -0.3 is 9.73 Å². The molecule has 0 saturated carbocycles. The minimum absolute atomic E-state index is 0.0131. The SMILES string of the molecule is CNCc1ccc(S(=O)(=O)NC2CCN3CCCC23)o1. The number of hydrogen-bond donors (Lipinski definition) is 2. The summed E-state index contributed by atoms with van der Waals surface area (Å²) in [7, 11) is -1.76. The van der Waals surface area contributed by atoms with Gasteiger partial charge in [0.25, 0.3) is 10.0 Å². The molecule has 0 bridgehead atoms. The molecule has 2 aliphatic rings. The molecule has 1 aromatic rings. The van der Waals surface area contributed by atoms with E-state index in [1.165, 1.54) is 6.07 Å². The highest BCUT2D eigenvalue weighted by Crippen LogP contribution is 2.29. The Labute approximate surface area is 119 Å². The molecule has 2 fully saturated rings. The standard InChI is InChI=1S/C13H21N3O3S/c1-14-9-10-4-5-13(19-10)20(17,18)15-11-6-8-16-7-2-3-12(11)16/h4-5,11-12,14-15H,2-3,6-9H2,1H3. The van der Waals surface area contributed by atoms with Crippen LogP contribution in [0.1, 0.15) is 25.0 Å². The van der Waals surface area contributed by atoms with Crippen molar-refractivity contribution >= 4 is 10.0 Å². The van der Waals surface area contributed by atoms with Crippen LogP contribution < -0.4 is 10.0 Å². The van der Waals surface area contributed by atoms with Gasteiger partial charge >= 0.3 is 0 Å². The molecule has 2 aliphatic heterocycles. The predicted octanol–water partition coefficient (Wildman–Crippen LogP) is 0.514. The van der Waals surface area contributed by atoms with Gasteiger partial charge in [-0.2, -0.15) is 0 Å². The van der Waals surface area contributed by atoms with Gasteiger partial charge in [-0.1, -0.05) is 0 Å². The quantitative estimate of drug-likeness (QED) is 0.829. The minimum atomic E-state index is -3.55. The van der Waals surface area contributed by atoms with Crippen LogP contribution in [0.2, 0.25) is 0 Å². The molecule has 2 unspecified atom stereocenters. The second-order valence-electron chi connectivity index (χ2n) is 5.51. The van der Waals surface area contributed by atoms with Crippen LogP contribution in [-0.4, -0.2) is 45.5 Å². The molecule has 0 radical (unpaired) electrons. The van der Waals surface area contributed by atoms with E-state index in [1.807, 2.05) is 0 Å². The summed E-state index contributed by atoms with van der Waals surface area (Å²) in [5, 5.41) is 2.95. The van der Waals surface area contributed by atoms with Crippen LogP contribution in [0, 0.1) is 0 Å². The second kappa shape index (κ2) is 5.48. The lowest BCUT2D eigenvalue weighted by molar-refractivity contribution is 0.308. The molecule has 6 nitrogen and oxygen atoms in total. The summed E-state index contributed by atoms with van der Waals surface area (Å²) in [6, 6.07) is 3.59. The van der Waals surface area contributed by atoms with Crippen molar-refractivity contribution in [2.24, 2.45) is 0 Å². The summed E-state index contributed by atoms with van der Waals surface area (Å²) in [5.74, 6) is 0.627. The van der Waals surface area contributed by atoms with Crippen LogP contribution in [0.15, 0.2) is 21.6 Å². The average Bonchev–Trinajstić information content (AvgIpc) is 3.07. The average molecular weight is 299 g/mol. The van der Waals surface area contributed by atoms with Crippen molar-refractivity contribution in [3.63, 3.8) is 0 Å². The molecule has 1 aromatic heterocycles. The Kier molecular flexibility index (Phi) is 3.85. The Morgan fingerprint density at radius 3 is 3.00 bits per heavy atom. The van der Waals surface area contributed by atoms with Gasteiger partial charge in [0.15, 0.2) is 0 Å². The Balaban J connectivity index is 1.71. The molecule has 3 heterocycles. The fourth-order valence-corrected chi connectivity index (χ4v) is 4.50. The van der Waals surface area contributed by atoms with Crippen LogP contribution >= 0.6 is 0 Å². The molecule has 3 rings (SSSR count). The molecular formula is C13H21N3O3S. The zero-order valence-electron chi connectivity index (χ0n) is 11.6. The molecular weight excluding hydrogens is 278 g/mol. The first kappa shape index (κ1) is 14.1. The number of fused-ring (bicyclic) bond motifs is 1. The summed E-state index contributed by atoms with van der Waals surface area (Å²) in [6.45, 7) is 2.60. The maximum Gasteiger partial charge on any atom is 0.274 e. The summed E-state index contributed by atoms with van der Waals surface area (Å²) in [4.78, 5) is 2.38. The molecule has 0 aromatic carbocycles. The maximum absolute atomic E-state index is 12.4. The van der Waals surface area contributed by atoms with E-state index in [4.69, 9.17) is 4.42 Å². The van der Waals surface area contributed by atoms with Gasteiger partial charge in [0, 0.05) is 18.6 Å². The zero-order valence-corrected chi connectivity index (χ0v) is 12.4. The Morgan fingerprint density at radius 2 is 2.20 bits per heavy atom. The van der Waals surface area contributed by atoms with E-state index in [-0.39, 0.29) is 11.1 Å². The Hall–Kier alpha value is -0.890. The van der Waals surface area contributed by atoms with E-state index in [1.54, 1.807) is 13.1 Å². The second-order valence-corrected chi connectivity index (χ2v) is 7.16. The number of nitrogens with one attached hydrogen (secondary N) is 2. The largest absolute Gasteiger partial charge is 0.447 e. The maximum atomic E-state index is 12.4. The van der Waals surface area contributed by atoms with Crippen molar-refractivity contribution in [1.29, 1.82) is 0 Å². The van der Waals surface area contributed by atoms with Crippen LogP contribution in [0.4, 0.5) is 0 Å².